The quantitative estimate of drug-likeness (QED) is 0.277. The summed E-state index contributed by atoms with van der Waals surface area (Å²) in [5, 5.41) is 5.99. The first-order chi connectivity index (χ1) is 17.5. The predicted molar refractivity (Wildman–Crippen MR) is 143 cm³/mol. The molecular formula is C29H25ClN2O4. The minimum Gasteiger partial charge on any atom is -0.484 e. The van der Waals surface area contributed by atoms with Gasteiger partial charge in [-0.1, -0.05) is 66.2 Å². The maximum atomic E-state index is 12.4. The molecule has 4 rings (SSSR count). The molecule has 0 spiro atoms. The third-order valence-corrected chi connectivity index (χ3v) is 5.59. The highest BCUT2D eigenvalue weighted by molar-refractivity contribution is 6.32. The van der Waals surface area contributed by atoms with E-state index in [2.05, 4.69) is 10.6 Å². The molecule has 4 aromatic rings. The van der Waals surface area contributed by atoms with Gasteiger partial charge in [0.25, 0.3) is 11.8 Å². The lowest BCUT2D eigenvalue weighted by Crippen LogP contribution is -2.30. The van der Waals surface area contributed by atoms with Crippen LogP contribution in [0.5, 0.6) is 11.5 Å². The third kappa shape index (κ3) is 6.87. The molecule has 0 saturated heterocycles. The van der Waals surface area contributed by atoms with Crippen molar-refractivity contribution in [3.05, 3.63) is 108 Å². The van der Waals surface area contributed by atoms with Crippen molar-refractivity contribution in [3.63, 3.8) is 0 Å². The minimum absolute atomic E-state index is 0.125. The number of carbonyl (C=O) groups is 2. The summed E-state index contributed by atoms with van der Waals surface area (Å²) in [5.41, 5.74) is 3.34. The van der Waals surface area contributed by atoms with Crippen LogP contribution >= 0.6 is 11.6 Å². The summed E-state index contributed by atoms with van der Waals surface area (Å²) in [5.74, 6) is 0.435. The van der Waals surface area contributed by atoms with Crippen LogP contribution in [0.25, 0.3) is 11.1 Å². The molecule has 0 aliphatic rings. The molecule has 0 aromatic heterocycles. The van der Waals surface area contributed by atoms with Gasteiger partial charge in [-0.3, -0.25) is 9.59 Å². The number of nitrogens with one attached hydrogen (secondary N) is 2. The fourth-order valence-electron chi connectivity index (χ4n) is 3.39. The van der Waals surface area contributed by atoms with Gasteiger partial charge in [-0.15, -0.1) is 0 Å². The summed E-state index contributed by atoms with van der Waals surface area (Å²) in [7, 11) is 0. The lowest BCUT2D eigenvalue weighted by Gasteiger charge is -2.15. The van der Waals surface area contributed by atoms with Crippen LogP contribution in [-0.2, 0) is 9.59 Å². The van der Waals surface area contributed by atoms with E-state index in [1.165, 1.54) is 0 Å². The highest BCUT2D eigenvalue weighted by atomic mass is 35.5. The maximum Gasteiger partial charge on any atom is 0.265 e. The molecule has 7 heteroatoms. The van der Waals surface area contributed by atoms with E-state index in [0.717, 1.165) is 11.1 Å². The Morgan fingerprint density at radius 3 is 2.00 bits per heavy atom. The van der Waals surface area contributed by atoms with E-state index in [1.807, 2.05) is 54.6 Å². The standard InChI is InChI=1S/C29H25ClN2O4/c1-20(36-27-10-6-5-9-26(27)30)29(34)32-24-15-13-23(14-16-24)31-28(33)19-35-25-17-11-22(12-18-25)21-7-3-2-4-8-21/h2-18,20H,19H2,1H3,(H,31,33)(H,32,34). The zero-order valence-electron chi connectivity index (χ0n) is 19.6. The van der Waals surface area contributed by atoms with Crippen LogP contribution < -0.4 is 20.1 Å². The molecule has 0 bridgehead atoms. The Morgan fingerprint density at radius 2 is 1.33 bits per heavy atom. The number of carbonyl (C=O) groups excluding carboxylic acids is 2. The molecule has 0 heterocycles. The number of hydrogen-bond donors (Lipinski definition) is 2. The molecule has 0 aliphatic carbocycles. The zero-order chi connectivity index (χ0) is 25.3. The lowest BCUT2D eigenvalue weighted by molar-refractivity contribution is -0.122. The van der Waals surface area contributed by atoms with Crippen molar-refractivity contribution < 1.29 is 19.1 Å². The van der Waals surface area contributed by atoms with Gasteiger partial charge >= 0.3 is 0 Å². The fourth-order valence-corrected chi connectivity index (χ4v) is 3.57. The molecule has 2 amide bonds. The first kappa shape index (κ1) is 24.8. The first-order valence-electron chi connectivity index (χ1n) is 11.4. The third-order valence-electron chi connectivity index (χ3n) is 5.28. The molecule has 2 N–H and O–H groups in total. The summed E-state index contributed by atoms with van der Waals surface area (Å²) in [6.45, 7) is 1.52. The van der Waals surface area contributed by atoms with Gasteiger partial charge in [-0.05, 0) is 66.6 Å². The minimum atomic E-state index is -0.747. The molecule has 0 aliphatic heterocycles. The van der Waals surface area contributed by atoms with Crippen molar-refractivity contribution in [2.24, 2.45) is 0 Å². The molecule has 182 valence electrons. The van der Waals surface area contributed by atoms with Crippen LogP contribution in [0.1, 0.15) is 6.92 Å². The Bertz CT molecular complexity index is 1310. The van der Waals surface area contributed by atoms with E-state index in [1.54, 1.807) is 55.5 Å². The molecule has 0 radical (unpaired) electrons. The van der Waals surface area contributed by atoms with Crippen molar-refractivity contribution in [2.75, 3.05) is 17.2 Å². The molecule has 6 nitrogen and oxygen atoms in total. The van der Waals surface area contributed by atoms with E-state index in [-0.39, 0.29) is 18.4 Å². The van der Waals surface area contributed by atoms with Crippen LogP contribution in [-0.4, -0.2) is 24.5 Å². The molecule has 4 aromatic carbocycles. The molecular weight excluding hydrogens is 476 g/mol. The summed E-state index contributed by atoms with van der Waals surface area (Å²) in [6.07, 6.45) is -0.747. The largest absolute Gasteiger partial charge is 0.484 e. The smallest absolute Gasteiger partial charge is 0.265 e. The summed E-state index contributed by atoms with van der Waals surface area (Å²) < 4.78 is 11.2. The monoisotopic (exact) mass is 500 g/mol. The molecule has 1 unspecified atom stereocenters. The van der Waals surface area contributed by atoms with Gasteiger partial charge in [0.2, 0.25) is 0 Å². The summed E-state index contributed by atoms with van der Waals surface area (Å²) in [6, 6.07) is 31.4. The van der Waals surface area contributed by atoms with Crippen molar-refractivity contribution >= 4 is 34.8 Å². The Kier molecular flexibility index (Phi) is 8.21. The highest BCUT2D eigenvalue weighted by Gasteiger charge is 2.16. The van der Waals surface area contributed by atoms with Gasteiger partial charge in [0.1, 0.15) is 11.5 Å². The van der Waals surface area contributed by atoms with E-state index < -0.39 is 6.10 Å². The number of halogens is 1. The van der Waals surface area contributed by atoms with Crippen LogP contribution in [0.2, 0.25) is 5.02 Å². The second-order valence-corrected chi connectivity index (χ2v) is 8.39. The van der Waals surface area contributed by atoms with E-state index in [0.29, 0.717) is 27.9 Å². The highest BCUT2D eigenvalue weighted by Crippen LogP contribution is 2.25. The van der Waals surface area contributed by atoms with E-state index in [9.17, 15) is 9.59 Å². The van der Waals surface area contributed by atoms with E-state index >= 15 is 0 Å². The van der Waals surface area contributed by atoms with Gasteiger partial charge in [-0.2, -0.15) is 0 Å². The van der Waals surface area contributed by atoms with Crippen LogP contribution in [0, 0.1) is 0 Å². The first-order valence-corrected chi connectivity index (χ1v) is 11.8. The molecule has 0 saturated carbocycles. The second kappa shape index (κ2) is 11.9. The van der Waals surface area contributed by atoms with Gasteiger partial charge in [-0.25, -0.2) is 0 Å². The Balaban J connectivity index is 1.24. The second-order valence-electron chi connectivity index (χ2n) is 7.98. The van der Waals surface area contributed by atoms with Crippen LogP contribution in [0.15, 0.2) is 103 Å². The molecule has 36 heavy (non-hydrogen) atoms. The van der Waals surface area contributed by atoms with Crippen LogP contribution in [0.4, 0.5) is 11.4 Å². The predicted octanol–water partition coefficient (Wildman–Crippen LogP) is 6.43. The Morgan fingerprint density at radius 1 is 0.750 bits per heavy atom. The van der Waals surface area contributed by atoms with Gasteiger partial charge < -0.3 is 20.1 Å². The van der Waals surface area contributed by atoms with Gasteiger partial charge in [0.05, 0.1) is 5.02 Å². The van der Waals surface area contributed by atoms with Crippen LogP contribution in [0.3, 0.4) is 0 Å². The number of amides is 2. The zero-order valence-corrected chi connectivity index (χ0v) is 20.4. The van der Waals surface area contributed by atoms with Crippen molar-refractivity contribution in [2.45, 2.75) is 13.0 Å². The summed E-state index contributed by atoms with van der Waals surface area (Å²) >= 11 is 6.08. The van der Waals surface area contributed by atoms with Crippen molar-refractivity contribution in [3.8, 4) is 22.6 Å². The Hall–Kier alpha value is -4.29. The van der Waals surface area contributed by atoms with Crippen molar-refractivity contribution in [1.82, 2.24) is 0 Å². The van der Waals surface area contributed by atoms with Gasteiger partial charge in [0.15, 0.2) is 12.7 Å². The average molecular weight is 501 g/mol. The van der Waals surface area contributed by atoms with Crippen molar-refractivity contribution in [1.29, 1.82) is 0 Å². The number of anilines is 2. The number of hydrogen-bond acceptors (Lipinski definition) is 4. The van der Waals surface area contributed by atoms with E-state index in [4.69, 9.17) is 21.1 Å². The average Bonchev–Trinajstić information content (AvgIpc) is 2.90. The fraction of sp³-hybridized carbons (Fsp3) is 0.103. The maximum absolute atomic E-state index is 12.4. The topological polar surface area (TPSA) is 76.7 Å². The SMILES string of the molecule is CC(Oc1ccccc1Cl)C(=O)Nc1ccc(NC(=O)COc2ccc(-c3ccccc3)cc2)cc1. The summed E-state index contributed by atoms with van der Waals surface area (Å²) in [4.78, 5) is 24.7. The number of benzene rings is 4. The number of ether oxygens (including phenoxy) is 2. The molecule has 0 fully saturated rings. The molecule has 1 atom stereocenters. The normalized spacial score (nSPS) is 11.3. The van der Waals surface area contributed by atoms with Gasteiger partial charge in [0, 0.05) is 11.4 Å². The number of rotatable bonds is 9. The Labute approximate surface area is 214 Å². The lowest BCUT2D eigenvalue weighted by atomic mass is 10.1. The number of para-hydroxylation sites is 1.